The van der Waals surface area contributed by atoms with E-state index in [1.165, 1.54) is 16.0 Å². The first kappa shape index (κ1) is 13.9. The van der Waals surface area contributed by atoms with E-state index in [1.807, 2.05) is 36.4 Å². The van der Waals surface area contributed by atoms with Gasteiger partial charge in [-0.2, -0.15) is 0 Å². The minimum absolute atomic E-state index is 0.851. The molecule has 0 spiro atoms. The Bertz CT molecular complexity index is 946. The molecule has 2 aromatic heterocycles. The predicted octanol–water partition coefficient (Wildman–Crippen LogP) is 5.41. The van der Waals surface area contributed by atoms with Gasteiger partial charge >= 0.3 is 0 Å². The molecule has 0 bridgehead atoms. The van der Waals surface area contributed by atoms with E-state index >= 15 is 0 Å². The lowest BCUT2D eigenvalue weighted by Crippen LogP contribution is -1.95. The third-order valence-electron chi connectivity index (χ3n) is 3.76. The molecule has 0 atom stereocenters. The van der Waals surface area contributed by atoms with Crippen LogP contribution in [0.3, 0.4) is 0 Å². The zero-order valence-electron chi connectivity index (χ0n) is 12.7. The lowest BCUT2D eigenvalue weighted by Gasteiger charge is -2.08. The fourth-order valence-electron chi connectivity index (χ4n) is 2.75. The number of fused-ring (bicyclic) bond motifs is 1. The number of thiophene rings is 1. The maximum Gasteiger partial charge on any atom is 0.143 e. The van der Waals surface area contributed by atoms with Gasteiger partial charge in [0.25, 0.3) is 0 Å². The van der Waals surface area contributed by atoms with Gasteiger partial charge < -0.3 is 5.32 Å². The Morgan fingerprint density at radius 2 is 1.57 bits per heavy atom. The van der Waals surface area contributed by atoms with Crippen molar-refractivity contribution in [2.24, 2.45) is 0 Å². The summed E-state index contributed by atoms with van der Waals surface area (Å²) < 4.78 is 0. The Morgan fingerprint density at radius 3 is 2.30 bits per heavy atom. The highest BCUT2D eigenvalue weighted by molar-refractivity contribution is 7.19. The summed E-state index contributed by atoms with van der Waals surface area (Å²) in [5, 5.41) is 4.51. The number of hydrogen-bond acceptors (Lipinski definition) is 4. The van der Waals surface area contributed by atoms with E-state index < -0.39 is 0 Å². The highest BCUT2D eigenvalue weighted by Crippen LogP contribution is 2.40. The van der Waals surface area contributed by atoms with E-state index in [4.69, 9.17) is 0 Å². The molecule has 2 aromatic carbocycles. The van der Waals surface area contributed by atoms with Gasteiger partial charge in [-0.1, -0.05) is 48.5 Å². The van der Waals surface area contributed by atoms with Crippen molar-refractivity contribution in [1.82, 2.24) is 9.97 Å². The number of benzene rings is 2. The second-order valence-electron chi connectivity index (χ2n) is 5.29. The molecule has 1 N–H and O–H groups in total. The number of rotatable bonds is 3. The van der Waals surface area contributed by atoms with Crippen LogP contribution in [0.2, 0.25) is 0 Å². The normalized spacial score (nSPS) is 10.8. The average molecular weight is 317 g/mol. The van der Waals surface area contributed by atoms with E-state index in [9.17, 15) is 0 Å². The summed E-state index contributed by atoms with van der Waals surface area (Å²) in [5.74, 6) is 0.851. The molecule has 0 unspecified atom stereocenters. The van der Waals surface area contributed by atoms with Crippen LogP contribution in [0.1, 0.15) is 4.88 Å². The number of aromatic nitrogens is 2. The first-order valence-corrected chi connectivity index (χ1v) is 8.26. The van der Waals surface area contributed by atoms with Gasteiger partial charge in [0, 0.05) is 16.1 Å². The second kappa shape index (κ2) is 5.82. The predicted molar refractivity (Wildman–Crippen MR) is 97.3 cm³/mol. The van der Waals surface area contributed by atoms with Crippen molar-refractivity contribution in [3.05, 3.63) is 71.9 Å². The van der Waals surface area contributed by atoms with Crippen LogP contribution < -0.4 is 5.32 Å². The highest BCUT2D eigenvalue weighted by Gasteiger charge is 2.16. The van der Waals surface area contributed by atoms with E-state index in [0.717, 1.165) is 21.7 Å². The van der Waals surface area contributed by atoms with Crippen molar-refractivity contribution in [2.45, 2.75) is 6.92 Å². The van der Waals surface area contributed by atoms with Gasteiger partial charge in [0.15, 0.2) is 0 Å². The van der Waals surface area contributed by atoms with Gasteiger partial charge in [-0.05, 0) is 24.6 Å². The van der Waals surface area contributed by atoms with Crippen molar-refractivity contribution in [3.63, 3.8) is 0 Å². The summed E-state index contributed by atoms with van der Waals surface area (Å²) in [4.78, 5) is 11.2. The van der Waals surface area contributed by atoms with E-state index in [0.29, 0.717) is 0 Å². The molecule has 0 amide bonds. The van der Waals surface area contributed by atoms with Crippen molar-refractivity contribution >= 4 is 33.1 Å². The first-order chi connectivity index (χ1) is 11.3. The first-order valence-electron chi connectivity index (χ1n) is 7.44. The van der Waals surface area contributed by atoms with Crippen LogP contribution in [-0.4, -0.2) is 9.97 Å². The van der Waals surface area contributed by atoms with Crippen molar-refractivity contribution in [3.8, 4) is 11.1 Å². The molecule has 0 aliphatic carbocycles. The van der Waals surface area contributed by atoms with Crippen LogP contribution in [0.25, 0.3) is 21.3 Å². The fourth-order valence-corrected chi connectivity index (χ4v) is 3.76. The number of nitrogens with zero attached hydrogens (tertiary/aromatic N) is 2. The lowest BCUT2D eigenvalue weighted by atomic mass is 10.0. The molecule has 0 fully saturated rings. The third-order valence-corrected chi connectivity index (χ3v) is 4.78. The van der Waals surface area contributed by atoms with Crippen LogP contribution in [-0.2, 0) is 0 Å². The van der Waals surface area contributed by atoms with Gasteiger partial charge in [0.05, 0.1) is 5.39 Å². The minimum atomic E-state index is 0.851. The van der Waals surface area contributed by atoms with Gasteiger partial charge in [0.2, 0.25) is 0 Å². The number of nitrogens with one attached hydrogen (secondary N) is 1. The van der Waals surface area contributed by atoms with Crippen LogP contribution in [0.4, 0.5) is 11.5 Å². The van der Waals surface area contributed by atoms with E-state index in [2.05, 4.69) is 46.5 Å². The number of anilines is 2. The highest BCUT2D eigenvalue weighted by atomic mass is 32.1. The summed E-state index contributed by atoms with van der Waals surface area (Å²) >= 11 is 1.71. The molecule has 2 heterocycles. The molecule has 4 heteroatoms. The zero-order valence-corrected chi connectivity index (χ0v) is 13.5. The Hall–Kier alpha value is -2.72. The Labute approximate surface area is 138 Å². The third kappa shape index (κ3) is 2.58. The van der Waals surface area contributed by atoms with Gasteiger partial charge in [0.1, 0.15) is 17.0 Å². The fraction of sp³-hybridized carbons (Fsp3) is 0.0526. The zero-order chi connectivity index (χ0) is 15.6. The number of hydrogen-bond donors (Lipinski definition) is 1. The van der Waals surface area contributed by atoms with Gasteiger partial charge in [-0.15, -0.1) is 11.3 Å². The van der Waals surface area contributed by atoms with Crippen LogP contribution in [0.15, 0.2) is 67.0 Å². The quantitative estimate of drug-likeness (QED) is 0.549. The summed E-state index contributed by atoms with van der Waals surface area (Å²) in [5.41, 5.74) is 3.43. The molecule has 4 rings (SSSR count). The summed E-state index contributed by atoms with van der Waals surface area (Å²) in [6.45, 7) is 2.14. The smallest absolute Gasteiger partial charge is 0.143 e. The van der Waals surface area contributed by atoms with Gasteiger partial charge in [-0.3, -0.25) is 0 Å². The summed E-state index contributed by atoms with van der Waals surface area (Å²) in [7, 11) is 0. The SMILES string of the molecule is Cc1sc2ncnc(Nc3ccccc3)c2c1-c1ccccc1. The number of aryl methyl sites for hydroxylation is 1. The molecular formula is C19H15N3S. The molecule has 0 aliphatic heterocycles. The van der Waals surface area contributed by atoms with Crippen molar-refractivity contribution in [1.29, 1.82) is 0 Å². The Kier molecular flexibility index (Phi) is 3.52. The molecule has 0 saturated carbocycles. The molecule has 4 aromatic rings. The molecule has 0 aliphatic rings. The Balaban J connectivity index is 1.92. The second-order valence-corrected chi connectivity index (χ2v) is 6.50. The molecule has 0 saturated heterocycles. The van der Waals surface area contributed by atoms with Crippen LogP contribution in [0, 0.1) is 6.92 Å². The molecule has 3 nitrogen and oxygen atoms in total. The maximum atomic E-state index is 4.49. The van der Waals surface area contributed by atoms with Crippen molar-refractivity contribution in [2.75, 3.05) is 5.32 Å². The van der Waals surface area contributed by atoms with Crippen molar-refractivity contribution < 1.29 is 0 Å². The topological polar surface area (TPSA) is 37.8 Å². The standard InChI is InChI=1S/C19H15N3S/c1-13-16(14-8-4-2-5-9-14)17-18(20-12-21-19(17)23-13)22-15-10-6-3-7-11-15/h2-12H,1H3,(H,20,21,22). The monoisotopic (exact) mass is 317 g/mol. The largest absolute Gasteiger partial charge is 0.340 e. The summed E-state index contributed by atoms with van der Waals surface area (Å²) in [6, 6.07) is 20.5. The van der Waals surface area contributed by atoms with Crippen LogP contribution in [0.5, 0.6) is 0 Å². The average Bonchev–Trinajstić information content (AvgIpc) is 2.93. The lowest BCUT2D eigenvalue weighted by molar-refractivity contribution is 1.23. The molecule has 0 radical (unpaired) electrons. The molecular weight excluding hydrogens is 302 g/mol. The minimum Gasteiger partial charge on any atom is -0.340 e. The molecule has 112 valence electrons. The van der Waals surface area contributed by atoms with Gasteiger partial charge in [-0.25, -0.2) is 9.97 Å². The Morgan fingerprint density at radius 1 is 0.870 bits per heavy atom. The van der Waals surface area contributed by atoms with E-state index in [-0.39, 0.29) is 0 Å². The summed E-state index contributed by atoms with van der Waals surface area (Å²) in [6.07, 6.45) is 1.62. The van der Waals surface area contributed by atoms with E-state index in [1.54, 1.807) is 17.7 Å². The van der Waals surface area contributed by atoms with Crippen LogP contribution >= 0.6 is 11.3 Å². The number of para-hydroxylation sites is 1. The maximum absolute atomic E-state index is 4.49. The molecule has 23 heavy (non-hydrogen) atoms.